The van der Waals surface area contributed by atoms with E-state index in [4.69, 9.17) is 0 Å². The lowest BCUT2D eigenvalue weighted by molar-refractivity contribution is 1.27. The quantitative estimate of drug-likeness (QED) is 0.322. The second kappa shape index (κ2) is 3.95. The highest BCUT2D eigenvalue weighted by Crippen LogP contribution is 2.39. The number of hydrogen-bond acceptors (Lipinski definition) is 0. The summed E-state index contributed by atoms with van der Waals surface area (Å²) in [7, 11) is 0. The van der Waals surface area contributed by atoms with E-state index in [-0.39, 0.29) is 0 Å². The minimum absolute atomic E-state index is 1.06. The molecule has 0 N–H and O–H groups in total. The molecular formula is C21H14. The second-order valence-corrected chi connectivity index (χ2v) is 5.89. The molecule has 0 aromatic heterocycles. The Bertz CT molecular complexity index is 1010. The van der Waals surface area contributed by atoms with E-state index in [9.17, 15) is 0 Å². The highest BCUT2D eigenvalue weighted by atomic mass is 14.2. The molecule has 1 aliphatic carbocycles. The van der Waals surface area contributed by atoms with Crippen molar-refractivity contribution < 1.29 is 0 Å². The fourth-order valence-corrected chi connectivity index (χ4v) is 3.58. The van der Waals surface area contributed by atoms with Gasteiger partial charge in [0.2, 0.25) is 0 Å². The highest BCUT2D eigenvalue weighted by molar-refractivity contribution is 6.01. The van der Waals surface area contributed by atoms with Crippen molar-refractivity contribution in [2.75, 3.05) is 0 Å². The van der Waals surface area contributed by atoms with E-state index in [1.54, 1.807) is 0 Å². The van der Waals surface area contributed by atoms with Crippen molar-refractivity contribution >= 4 is 21.5 Å². The first-order chi connectivity index (χ1) is 10.4. The largest absolute Gasteiger partial charge is 0.0619 e. The zero-order valence-corrected chi connectivity index (χ0v) is 11.6. The van der Waals surface area contributed by atoms with Crippen LogP contribution in [0.3, 0.4) is 0 Å². The van der Waals surface area contributed by atoms with Crippen LogP contribution in [0.4, 0.5) is 0 Å². The molecule has 4 aromatic carbocycles. The van der Waals surface area contributed by atoms with Crippen LogP contribution in [0.5, 0.6) is 0 Å². The molecule has 0 saturated heterocycles. The lowest BCUT2D eigenvalue weighted by Gasteiger charge is -2.06. The van der Waals surface area contributed by atoms with Gasteiger partial charge >= 0.3 is 0 Å². The molecule has 0 amide bonds. The summed E-state index contributed by atoms with van der Waals surface area (Å²) in [5.74, 6) is 0. The van der Waals surface area contributed by atoms with Gasteiger partial charge in [0.05, 0.1) is 0 Å². The molecule has 0 aliphatic heterocycles. The van der Waals surface area contributed by atoms with E-state index in [0.29, 0.717) is 0 Å². The molecule has 0 heteroatoms. The molecule has 0 bridgehead atoms. The van der Waals surface area contributed by atoms with Crippen LogP contribution in [0.2, 0.25) is 0 Å². The fourth-order valence-electron chi connectivity index (χ4n) is 3.58. The summed E-state index contributed by atoms with van der Waals surface area (Å²) < 4.78 is 0. The lowest BCUT2D eigenvalue weighted by Crippen LogP contribution is -1.82. The third-order valence-electron chi connectivity index (χ3n) is 4.62. The van der Waals surface area contributed by atoms with E-state index < -0.39 is 0 Å². The minimum atomic E-state index is 1.06. The molecule has 0 nitrogen and oxygen atoms in total. The van der Waals surface area contributed by atoms with E-state index >= 15 is 0 Å². The minimum Gasteiger partial charge on any atom is -0.0619 e. The van der Waals surface area contributed by atoms with E-state index in [1.165, 1.54) is 43.8 Å². The number of rotatable bonds is 0. The molecule has 0 heterocycles. The van der Waals surface area contributed by atoms with Crippen LogP contribution in [0.25, 0.3) is 32.7 Å². The third-order valence-corrected chi connectivity index (χ3v) is 4.62. The molecule has 0 atom stereocenters. The first-order valence-corrected chi connectivity index (χ1v) is 7.42. The Hall–Kier alpha value is -2.60. The number of fused-ring (bicyclic) bond motifs is 5. The molecule has 0 radical (unpaired) electrons. The van der Waals surface area contributed by atoms with Gasteiger partial charge in [0.25, 0.3) is 0 Å². The molecular weight excluding hydrogens is 252 g/mol. The van der Waals surface area contributed by atoms with Crippen molar-refractivity contribution in [3.05, 3.63) is 83.9 Å². The first-order valence-electron chi connectivity index (χ1n) is 7.42. The average molecular weight is 266 g/mol. The van der Waals surface area contributed by atoms with Crippen LogP contribution in [-0.4, -0.2) is 0 Å². The summed E-state index contributed by atoms with van der Waals surface area (Å²) in [5.41, 5.74) is 5.72. The molecule has 0 unspecified atom stereocenters. The fraction of sp³-hybridized carbons (Fsp3) is 0.0476. The molecule has 4 aromatic rings. The Morgan fingerprint density at radius 1 is 0.476 bits per heavy atom. The van der Waals surface area contributed by atoms with Gasteiger partial charge in [-0.25, -0.2) is 0 Å². The van der Waals surface area contributed by atoms with E-state index in [1.807, 2.05) is 0 Å². The average Bonchev–Trinajstić information content (AvgIpc) is 2.88. The maximum Gasteiger partial charge on any atom is -0.00132 e. The van der Waals surface area contributed by atoms with E-state index in [2.05, 4.69) is 72.8 Å². The Morgan fingerprint density at radius 2 is 1.14 bits per heavy atom. The summed E-state index contributed by atoms with van der Waals surface area (Å²) in [5, 5.41) is 5.32. The maximum atomic E-state index is 2.37. The van der Waals surface area contributed by atoms with Crippen molar-refractivity contribution in [2.24, 2.45) is 0 Å². The first kappa shape index (κ1) is 11.1. The topological polar surface area (TPSA) is 0 Å². The summed E-state index contributed by atoms with van der Waals surface area (Å²) in [6.07, 6.45) is 1.06. The summed E-state index contributed by atoms with van der Waals surface area (Å²) in [6.45, 7) is 0. The van der Waals surface area contributed by atoms with Crippen LogP contribution in [0, 0.1) is 0 Å². The van der Waals surface area contributed by atoms with Gasteiger partial charge in [-0.1, -0.05) is 54.6 Å². The number of hydrogen-bond donors (Lipinski definition) is 0. The third kappa shape index (κ3) is 1.56. The van der Waals surface area contributed by atoms with Crippen LogP contribution in [0.15, 0.2) is 72.8 Å². The standard InChI is InChI=1S/C21H14/c1-2-6-15-10-18-13-21-19(12-17(18)9-14(15)5-1)11-16-7-3-4-8-20(16)21/h1-10,12-13H,11H2. The highest BCUT2D eigenvalue weighted by Gasteiger charge is 2.18. The molecule has 0 saturated carbocycles. The Morgan fingerprint density at radius 3 is 1.95 bits per heavy atom. The molecule has 21 heavy (non-hydrogen) atoms. The van der Waals surface area contributed by atoms with Crippen LogP contribution >= 0.6 is 0 Å². The molecule has 0 spiro atoms. The van der Waals surface area contributed by atoms with Crippen LogP contribution in [-0.2, 0) is 6.42 Å². The van der Waals surface area contributed by atoms with Crippen molar-refractivity contribution in [2.45, 2.75) is 6.42 Å². The van der Waals surface area contributed by atoms with Gasteiger partial charge in [-0.2, -0.15) is 0 Å². The SMILES string of the molecule is c1ccc2c(c1)Cc1cc3cc4ccccc4cc3cc1-2. The van der Waals surface area contributed by atoms with Crippen molar-refractivity contribution in [3.8, 4) is 11.1 Å². The van der Waals surface area contributed by atoms with Gasteiger partial charge in [0, 0.05) is 0 Å². The van der Waals surface area contributed by atoms with Crippen LogP contribution in [0.1, 0.15) is 11.1 Å². The lowest BCUT2D eigenvalue weighted by atomic mass is 9.98. The second-order valence-electron chi connectivity index (χ2n) is 5.89. The Kier molecular flexibility index (Phi) is 2.09. The zero-order valence-electron chi connectivity index (χ0n) is 11.6. The molecule has 0 fully saturated rings. The monoisotopic (exact) mass is 266 g/mol. The van der Waals surface area contributed by atoms with Gasteiger partial charge in [0.1, 0.15) is 0 Å². The van der Waals surface area contributed by atoms with Crippen molar-refractivity contribution in [1.82, 2.24) is 0 Å². The smallest absolute Gasteiger partial charge is 0.00132 e. The Balaban J connectivity index is 1.86. The zero-order chi connectivity index (χ0) is 13.8. The van der Waals surface area contributed by atoms with Gasteiger partial charge in [-0.05, 0) is 68.4 Å². The van der Waals surface area contributed by atoms with E-state index in [0.717, 1.165) is 6.42 Å². The predicted molar refractivity (Wildman–Crippen MR) is 89.7 cm³/mol. The summed E-state index contributed by atoms with van der Waals surface area (Å²) in [6, 6.07) is 26.7. The maximum absolute atomic E-state index is 2.37. The normalized spacial score (nSPS) is 12.6. The van der Waals surface area contributed by atoms with Crippen LogP contribution < -0.4 is 0 Å². The molecule has 5 rings (SSSR count). The van der Waals surface area contributed by atoms with Gasteiger partial charge < -0.3 is 0 Å². The van der Waals surface area contributed by atoms with Gasteiger partial charge in [-0.3, -0.25) is 0 Å². The molecule has 98 valence electrons. The van der Waals surface area contributed by atoms with Gasteiger partial charge in [0.15, 0.2) is 0 Å². The predicted octanol–water partition coefficient (Wildman–Crippen LogP) is 5.56. The van der Waals surface area contributed by atoms with Crippen molar-refractivity contribution in [1.29, 1.82) is 0 Å². The van der Waals surface area contributed by atoms with Gasteiger partial charge in [-0.15, -0.1) is 0 Å². The Labute approximate surface area is 123 Å². The number of benzene rings is 4. The molecule has 1 aliphatic rings. The summed E-state index contributed by atoms with van der Waals surface area (Å²) in [4.78, 5) is 0. The summed E-state index contributed by atoms with van der Waals surface area (Å²) >= 11 is 0. The van der Waals surface area contributed by atoms with Crippen molar-refractivity contribution in [3.63, 3.8) is 0 Å².